The van der Waals surface area contributed by atoms with E-state index in [1.54, 1.807) is 4.90 Å². The van der Waals surface area contributed by atoms with Crippen LogP contribution in [0.2, 0.25) is 0 Å². The Balaban J connectivity index is 1.89. The topological polar surface area (TPSA) is 82.6 Å². The minimum absolute atomic E-state index is 0.0483. The molecule has 1 aliphatic carbocycles. The lowest BCUT2D eigenvalue weighted by molar-refractivity contribution is -0.137. The molecule has 0 radical (unpaired) electrons. The van der Waals surface area contributed by atoms with E-state index in [4.69, 9.17) is 9.47 Å². The van der Waals surface area contributed by atoms with Gasteiger partial charge in [0.05, 0.1) is 30.4 Å². The highest BCUT2D eigenvalue weighted by molar-refractivity contribution is 5.98. The summed E-state index contributed by atoms with van der Waals surface area (Å²) in [4.78, 5) is 32.9. The molecule has 0 unspecified atom stereocenters. The van der Waals surface area contributed by atoms with Crippen LogP contribution in [0.1, 0.15) is 82.5 Å². The monoisotopic (exact) mass is 545 g/mol. The van der Waals surface area contributed by atoms with Crippen LogP contribution in [0.4, 0.5) is 5.69 Å². The lowest BCUT2D eigenvalue weighted by Gasteiger charge is -2.36. The third-order valence-electron chi connectivity index (χ3n) is 8.34. The Hall–Kier alpha value is -2.32. The quantitative estimate of drug-likeness (QED) is 0.563. The molecule has 4 atom stereocenters. The predicted octanol–water partition coefficient (Wildman–Crippen LogP) is 4.59. The number of carbonyl (C=O) groups is 2. The summed E-state index contributed by atoms with van der Waals surface area (Å²) < 4.78 is 12.7. The molecule has 1 fully saturated rings. The second-order valence-electron chi connectivity index (χ2n) is 11.9. The summed E-state index contributed by atoms with van der Waals surface area (Å²) in [7, 11) is 5.78. The fourth-order valence-corrected chi connectivity index (χ4v) is 5.67. The first-order chi connectivity index (χ1) is 18.6. The van der Waals surface area contributed by atoms with Crippen molar-refractivity contribution in [1.82, 2.24) is 9.80 Å². The number of hydrogen-bond acceptors (Lipinski definition) is 6. The molecule has 0 saturated heterocycles. The van der Waals surface area contributed by atoms with E-state index >= 15 is 0 Å². The minimum atomic E-state index is -0.386. The fraction of sp³-hybridized carbons (Fsp3) is 0.742. The number of fused-ring (bicyclic) bond motifs is 1. The minimum Gasteiger partial charge on any atom is -0.490 e. The van der Waals surface area contributed by atoms with E-state index in [9.17, 15) is 14.7 Å². The molecule has 1 saturated carbocycles. The number of nitrogens with zero attached hydrogens (tertiary/aromatic N) is 3. The van der Waals surface area contributed by atoms with Gasteiger partial charge < -0.3 is 29.3 Å². The molecular weight excluding hydrogens is 494 g/mol. The zero-order valence-corrected chi connectivity index (χ0v) is 25.0. The van der Waals surface area contributed by atoms with Crippen LogP contribution in [0.25, 0.3) is 0 Å². The molecule has 220 valence electrons. The van der Waals surface area contributed by atoms with E-state index in [0.29, 0.717) is 31.0 Å². The van der Waals surface area contributed by atoms with Crippen LogP contribution in [-0.4, -0.2) is 92.4 Å². The molecule has 0 aromatic heterocycles. The Morgan fingerprint density at radius 2 is 1.77 bits per heavy atom. The van der Waals surface area contributed by atoms with E-state index in [1.165, 1.54) is 6.42 Å². The van der Waals surface area contributed by atoms with Crippen LogP contribution in [0.15, 0.2) is 18.2 Å². The van der Waals surface area contributed by atoms with E-state index in [1.807, 2.05) is 63.0 Å². The Bertz CT molecular complexity index is 933. The van der Waals surface area contributed by atoms with Gasteiger partial charge in [0.1, 0.15) is 5.75 Å². The lowest BCUT2D eigenvalue weighted by atomic mass is 9.88. The van der Waals surface area contributed by atoms with Crippen molar-refractivity contribution in [3.05, 3.63) is 23.8 Å². The normalized spacial score (nSPS) is 24.7. The van der Waals surface area contributed by atoms with E-state index in [0.717, 1.165) is 50.6 Å². The van der Waals surface area contributed by atoms with Crippen LogP contribution in [0, 0.1) is 11.8 Å². The van der Waals surface area contributed by atoms with Gasteiger partial charge in [-0.3, -0.25) is 9.59 Å². The zero-order valence-electron chi connectivity index (χ0n) is 25.0. The van der Waals surface area contributed by atoms with Crippen LogP contribution >= 0.6 is 0 Å². The molecular formula is C31H51N3O5. The molecule has 1 heterocycles. The fourth-order valence-electron chi connectivity index (χ4n) is 5.67. The van der Waals surface area contributed by atoms with Gasteiger partial charge in [0.15, 0.2) is 0 Å². The summed E-state index contributed by atoms with van der Waals surface area (Å²) in [5.41, 5.74) is 1.41. The van der Waals surface area contributed by atoms with Crippen molar-refractivity contribution in [2.75, 3.05) is 52.3 Å². The molecule has 0 spiro atoms. The lowest BCUT2D eigenvalue weighted by Crippen LogP contribution is -2.48. The molecule has 1 aliphatic heterocycles. The van der Waals surface area contributed by atoms with Crippen LogP contribution < -0.4 is 9.64 Å². The average Bonchev–Trinajstić information content (AvgIpc) is 2.93. The molecule has 2 amide bonds. The van der Waals surface area contributed by atoms with Crippen LogP contribution in [-0.2, 0) is 9.53 Å². The van der Waals surface area contributed by atoms with Gasteiger partial charge in [0, 0.05) is 58.4 Å². The number of hydrogen-bond donors (Lipinski definition) is 1. The van der Waals surface area contributed by atoms with Crippen molar-refractivity contribution >= 4 is 17.5 Å². The van der Waals surface area contributed by atoms with Gasteiger partial charge in [-0.2, -0.15) is 0 Å². The number of anilines is 1. The van der Waals surface area contributed by atoms with Crippen molar-refractivity contribution < 1.29 is 24.2 Å². The van der Waals surface area contributed by atoms with Gasteiger partial charge in [-0.05, 0) is 64.2 Å². The van der Waals surface area contributed by atoms with Gasteiger partial charge in [-0.1, -0.05) is 26.2 Å². The van der Waals surface area contributed by atoms with Crippen molar-refractivity contribution in [3.63, 3.8) is 0 Å². The molecule has 8 heteroatoms. The Morgan fingerprint density at radius 3 is 2.44 bits per heavy atom. The maximum Gasteiger partial charge on any atom is 0.258 e. The molecule has 8 nitrogen and oxygen atoms in total. The number of amides is 2. The Labute approximate surface area is 235 Å². The van der Waals surface area contributed by atoms with E-state index < -0.39 is 0 Å². The van der Waals surface area contributed by atoms with Crippen molar-refractivity contribution in [2.24, 2.45) is 11.8 Å². The number of aliphatic hydroxyl groups is 1. The number of aliphatic hydroxyl groups excluding tert-OH is 1. The third kappa shape index (κ3) is 8.58. The van der Waals surface area contributed by atoms with Gasteiger partial charge in [-0.25, -0.2) is 0 Å². The summed E-state index contributed by atoms with van der Waals surface area (Å²) in [6, 6.07) is 5.34. The smallest absolute Gasteiger partial charge is 0.258 e. The molecule has 0 bridgehead atoms. The number of likely N-dealkylation sites (N-methyl/N-ethyl adjacent to an activating group) is 1. The van der Waals surface area contributed by atoms with Crippen molar-refractivity contribution in [3.8, 4) is 5.75 Å². The highest BCUT2D eigenvalue weighted by Gasteiger charge is 2.32. The van der Waals surface area contributed by atoms with E-state index in [-0.39, 0.29) is 48.5 Å². The predicted molar refractivity (Wildman–Crippen MR) is 155 cm³/mol. The maximum atomic E-state index is 14.1. The number of rotatable bonds is 6. The van der Waals surface area contributed by atoms with Crippen LogP contribution in [0.5, 0.6) is 5.75 Å². The van der Waals surface area contributed by atoms with E-state index in [2.05, 4.69) is 6.92 Å². The second-order valence-corrected chi connectivity index (χ2v) is 11.9. The summed E-state index contributed by atoms with van der Waals surface area (Å²) >= 11 is 0. The molecule has 1 N–H and O–H groups in total. The van der Waals surface area contributed by atoms with Crippen molar-refractivity contribution in [1.29, 1.82) is 0 Å². The third-order valence-corrected chi connectivity index (χ3v) is 8.34. The zero-order chi connectivity index (χ0) is 28.5. The highest BCUT2D eigenvalue weighted by atomic mass is 16.5. The van der Waals surface area contributed by atoms with Gasteiger partial charge in [0.25, 0.3) is 5.91 Å². The first kappa shape index (κ1) is 31.2. The SMILES string of the molecule is C[C@@H]1CCCCO[C@H](CN(C)C(=O)C2CCCCC2)[C@@H](C)CN([C@@H](C)CO)C(=O)c2cc(N(C)C)ccc2O1. The summed E-state index contributed by atoms with van der Waals surface area (Å²) in [6.45, 7) is 7.32. The molecule has 39 heavy (non-hydrogen) atoms. The summed E-state index contributed by atoms with van der Waals surface area (Å²) in [6.07, 6.45) is 7.83. The highest BCUT2D eigenvalue weighted by Crippen LogP contribution is 2.30. The standard InChI is InChI=1S/C31H51N3O5/c1-22-19-34(23(2)21-35)31(37)27-18-26(32(4)5)15-16-28(27)39-24(3)12-10-11-17-38-29(22)20-33(6)30(36)25-13-8-7-9-14-25/h15-16,18,22-25,29,35H,7-14,17,19-21H2,1-6H3/t22-,23-,24+,29+/m0/s1. The van der Waals surface area contributed by atoms with Gasteiger partial charge >= 0.3 is 0 Å². The largest absolute Gasteiger partial charge is 0.490 e. The van der Waals surface area contributed by atoms with Crippen LogP contribution in [0.3, 0.4) is 0 Å². The molecule has 1 aromatic carbocycles. The summed E-state index contributed by atoms with van der Waals surface area (Å²) in [5.74, 6) is 0.666. The number of benzene rings is 1. The molecule has 1 aromatic rings. The number of ether oxygens (including phenoxy) is 2. The average molecular weight is 546 g/mol. The van der Waals surface area contributed by atoms with Gasteiger partial charge in [-0.15, -0.1) is 0 Å². The van der Waals surface area contributed by atoms with Crippen molar-refractivity contribution in [2.45, 2.75) is 90.4 Å². The first-order valence-corrected chi connectivity index (χ1v) is 14.9. The molecule has 2 aliphatic rings. The Kier molecular flexibility index (Phi) is 11.9. The summed E-state index contributed by atoms with van der Waals surface area (Å²) in [5, 5.41) is 10.1. The molecule has 3 rings (SSSR count). The maximum absolute atomic E-state index is 14.1. The van der Waals surface area contributed by atoms with Gasteiger partial charge in [0.2, 0.25) is 5.91 Å². The number of carbonyl (C=O) groups excluding carboxylic acids is 2. The second kappa shape index (κ2) is 14.9. The first-order valence-electron chi connectivity index (χ1n) is 14.9. The Morgan fingerprint density at radius 1 is 1.08 bits per heavy atom.